The number of benzene rings is 9. The van der Waals surface area contributed by atoms with Crippen molar-refractivity contribution in [3.8, 4) is 33.4 Å². The van der Waals surface area contributed by atoms with Gasteiger partial charge in [-0.25, -0.2) is 0 Å². The van der Waals surface area contributed by atoms with Gasteiger partial charge in [-0.1, -0.05) is 135 Å². The van der Waals surface area contributed by atoms with Crippen molar-refractivity contribution >= 4 is 65.0 Å². The van der Waals surface area contributed by atoms with Crippen molar-refractivity contribution in [1.29, 1.82) is 0 Å². The first-order chi connectivity index (χ1) is 23.5. The van der Waals surface area contributed by atoms with Gasteiger partial charge in [-0.05, 0) is 112 Å². The second-order valence-corrected chi connectivity index (χ2v) is 14.1. The maximum Gasteiger partial charge on any atom is 0.136 e. The Bertz CT molecular complexity index is 2960. The molecule has 9 aromatic carbocycles. The number of furan rings is 1. The van der Waals surface area contributed by atoms with Crippen molar-refractivity contribution in [2.24, 2.45) is 0 Å². The Morgan fingerprint density at radius 2 is 1.02 bits per heavy atom. The highest BCUT2D eigenvalue weighted by Crippen LogP contribution is 2.53. The fourth-order valence-corrected chi connectivity index (χ4v) is 8.89. The molecule has 224 valence electrons. The van der Waals surface area contributed by atoms with Crippen LogP contribution in [-0.4, -0.2) is 0 Å². The van der Waals surface area contributed by atoms with Crippen LogP contribution in [0.2, 0.25) is 0 Å². The van der Waals surface area contributed by atoms with Gasteiger partial charge in [0.1, 0.15) is 11.2 Å². The first-order valence-electron chi connectivity index (χ1n) is 16.8. The molecule has 11 rings (SSSR count). The summed E-state index contributed by atoms with van der Waals surface area (Å²) < 4.78 is 6.28. The van der Waals surface area contributed by atoms with Crippen molar-refractivity contribution in [1.82, 2.24) is 0 Å². The molecule has 1 aliphatic rings. The van der Waals surface area contributed by atoms with E-state index in [0.717, 1.165) is 21.9 Å². The Kier molecular flexibility index (Phi) is 4.97. The molecule has 10 aromatic rings. The Morgan fingerprint density at radius 3 is 1.92 bits per heavy atom. The molecule has 1 aliphatic carbocycles. The smallest absolute Gasteiger partial charge is 0.136 e. The molecule has 1 aromatic heterocycles. The molecule has 0 spiro atoms. The molecule has 0 fully saturated rings. The molecule has 0 bridgehead atoms. The second kappa shape index (κ2) is 9.12. The highest BCUT2D eigenvalue weighted by molar-refractivity contribution is 6.25. The van der Waals surface area contributed by atoms with E-state index in [1.807, 2.05) is 12.1 Å². The predicted molar refractivity (Wildman–Crippen MR) is 203 cm³/mol. The highest BCUT2D eigenvalue weighted by atomic mass is 16.3. The topological polar surface area (TPSA) is 13.1 Å². The average Bonchev–Trinajstić information content (AvgIpc) is 3.61. The Labute approximate surface area is 278 Å². The van der Waals surface area contributed by atoms with Gasteiger partial charge in [0.2, 0.25) is 0 Å². The van der Waals surface area contributed by atoms with Crippen molar-refractivity contribution in [2.45, 2.75) is 19.3 Å². The lowest BCUT2D eigenvalue weighted by Crippen LogP contribution is -2.15. The number of para-hydroxylation sites is 1. The van der Waals surface area contributed by atoms with E-state index in [2.05, 4.69) is 147 Å². The predicted octanol–water partition coefficient (Wildman–Crippen LogP) is 13.3. The first-order valence-corrected chi connectivity index (χ1v) is 16.8. The lowest BCUT2D eigenvalue weighted by molar-refractivity contribution is 0.661. The summed E-state index contributed by atoms with van der Waals surface area (Å²) in [4.78, 5) is 0. The molecule has 1 nitrogen and oxygen atoms in total. The summed E-state index contributed by atoms with van der Waals surface area (Å²) in [7, 11) is 0. The summed E-state index contributed by atoms with van der Waals surface area (Å²) >= 11 is 0. The van der Waals surface area contributed by atoms with Crippen LogP contribution in [-0.2, 0) is 5.41 Å². The number of rotatable bonds is 2. The standard InChI is InChI=1S/C47H30O/c1-47(2)40-24-23-34-32(31-17-20-36-35-9-3-4-12-42(35)48-43(36)26-31)10-6-11-37(34)46(40)39-22-18-30(25-41(39)47)33-19-15-29-14-13-27-7-5-8-28-16-21-38(33)45(29)44(27)28/h3-26H,1-2H3. The summed E-state index contributed by atoms with van der Waals surface area (Å²) in [6.07, 6.45) is 0. The van der Waals surface area contributed by atoms with Gasteiger partial charge in [-0.2, -0.15) is 0 Å². The lowest BCUT2D eigenvalue weighted by atomic mass is 9.80. The molecular weight excluding hydrogens is 581 g/mol. The van der Waals surface area contributed by atoms with Crippen LogP contribution in [0.5, 0.6) is 0 Å². The van der Waals surface area contributed by atoms with E-state index in [9.17, 15) is 0 Å². The van der Waals surface area contributed by atoms with Crippen LogP contribution in [0.3, 0.4) is 0 Å². The number of hydrogen-bond acceptors (Lipinski definition) is 1. The van der Waals surface area contributed by atoms with E-state index in [-0.39, 0.29) is 5.41 Å². The van der Waals surface area contributed by atoms with Crippen LogP contribution < -0.4 is 0 Å². The summed E-state index contributed by atoms with van der Waals surface area (Å²) in [5.41, 5.74) is 12.2. The number of hydrogen-bond donors (Lipinski definition) is 0. The van der Waals surface area contributed by atoms with Gasteiger partial charge < -0.3 is 4.42 Å². The summed E-state index contributed by atoms with van der Waals surface area (Å²) in [5, 5.41) is 12.9. The lowest BCUT2D eigenvalue weighted by Gasteiger charge is -2.22. The second-order valence-electron chi connectivity index (χ2n) is 14.1. The zero-order chi connectivity index (χ0) is 31.7. The minimum Gasteiger partial charge on any atom is -0.456 e. The maximum absolute atomic E-state index is 6.28. The Hall–Kier alpha value is -5.92. The van der Waals surface area contributed by atoms with Gasteiger partial charge in [-0.15, -0.1) is 0 Å². The van der Waals surface area contributed by atoms with E-state index in [1.54, 1.807) is 0 Å². The average molecular weight is 611 g/mol. The van der Waals surface area contributed by atoms with Gasteiger partial charge in [0.15, 0.2) is 0 Å². The fourth-order valence-electron chi connectivity index (χ4n) is 8.89. The van der Waals surface area contributed by atoms with Crippen LogP contribution in [0.25, 0.3) is 98.4 Å². The molecule has 0 atom stereocenters. The van der Waals surface area contributed by atoms with Gasteiger partial charge in [0.05, 0.1) is 0 Å². The van der Waals surface area contributed by atoms with E-state index in [1.165, 1.54) is 87.6 Å². The molecule has 0 unspecified atom stereocenters. The summed E-state index contributed by atoms with van der Waals surface area (Å²) in [6, 6.07) is 54.0. The largest absolute Gasteiger partial charge is 0.456 e. The molecule has 0 N–H and O–H groups in total. The van der Waals surface area contributed by atoms with Gasteiger partial charge >= 0.3 is 0 Å². The molecule has 0 amide bonds. The van der Waals surface area contributed by atoms with Crippen LogP contribution in [0.15, 0.2) is 150 Å². The molecule has 0 saturated heterocycles. The van der Waals surface area contributed by atoms with E-state index in [4.69, 9.17) is 4.42 Å². The van der Waals surface area contributed by atoms with Gasteiger partial charge in [0.25, 0.3) is 0 Å². The normalized spacial score (nSPS) is 13.8. The maximum atomic E-state index is 6.28. The molecule has 1 heterocycles. The summed E-state index contributed by atoms with van der Waals surface area (Å²) in [5.74, 6) is 0. The van der Waals surface area contributed by atoms with E-state index < -0.39 is 0 Å². The van der Waals surface area contributed by atoms with Crippen LogP contribution in [0, 0.1) is 0 Å². The zero-order valence-electron chi connectivity index (χ0n) is 26.8. The minimum atomic E-state index is -0.123. The van der Waals surface area contributed by atoms with Crippen molar-refractivity contribution < 1.29 is 4.42 Å². The van der Waals surface area contributed by atoms with Gasteiger partial charge in [0, 0.05) is 16.2 Å². The summed E-state index contributed by atoms with van der Waals surface area (Å²) in [6.45, 7) is 4.77. The monoisotopic (exact) mass is 610 g/mol. The van der Waals surface area contributed by atoms with Crippen LogP contribution in [0.1, 0.15) is 25.0 Å². The van der Waals surface area contributed by atoms with Gasteiger partial charge in [-0.3, -0.25) is 0 Å². The minimum absolute atomic E-state index is 0.123. The Balaban J connectivity index is 1.09. The molecule has 0 saturated carbocycles. The third kappa shape index (κ3) is 3.35. The quantitative estimate of drug-likeness (QED) is 0.178. The van der Waals surface area contributed by atoms with E-state index in [0.29, 0.717) is 0 Å². The van der Waals surface area contributed by atoms with Crippen molar-refractivity contribution in [3.63, 3.8) is 0 Å². The van der Waals surface area contributed by atoms with Crippen molar-refractivity contribution in [3.05, 3.63) is 157 Å². The van der Waals surface area contributed by atoms with Crippen LogP contribution in [0.4, 0.5) is 0 Å². The molecule has 1 heteroatoms. The van der Waals surface area contributed by atoms with E-state index >= 15 is 0 Å². The molecule has 0 radical (unpaired) electrons. The first kappa shape index (κ1) is 26.2. The molecule has 48 heavy (non-hydrogen) atoms. The molecular formula is C47H30O. The molecule has 0 aliphatic heterocycles. The zero-order valence-corrected chi connectivity index (χ0v) is 26.8. The highest BCUT2D eigenvalue weighted by Gasteiger charge is 2.37. The fraction of sp³-hybridized carbons (Fsp3) is 0.0638. The SMILES string of the molecule is CC1(C)c2cc(-c3ccc4ccc5cccc6ccc3c4c56)ccc2-c2c1ccc1c(-c3ccc4c(c3)oc3ccccc34)cccc21. The van der Waals surface area contributed by atoms with Crippen molar-refractivity contribution in [2.75, 3.05) is 0 Å². The number of fused-ring (bicyclic) bond motifs is 8. The Morgan fingerprint density at radius 1 is 0.396 bits per heavy atom. The third-order valence-electron chi connectivity index (χ3n) is 11.2. The van der Waals surface area contributed by atoms with Crippen LogP contribution >= 0.6 is 0 Å². The third-order valence-corrected chi connectivity index (χ3v) is 11.2.